The highest BCUT2D eigenvalue weighted by Crippen LogP contribution is 2.46. The van der Waals surface area contributed by atoms with Gasteiger partial charge in [0.1, 0.15) is 11.5 Å². The van der Waals surface area contributed by atoms with E-state index in [1.54, 1.807) is 55.5 Å². The van der Waals surface area contributed by atoms with E-state index in [0.717, 1.165) is 5.56 Å². The van der Waals surface area contributed by atoms with Crippen LogP contribution in [0.5, 0.6) is 23.0 Å². The number of anilines is 2. The number of nitrogens with zero attached hydrogens (tertiary/aromatic N) is 1. The van der Waals surface area contributed by atoms with Crippen molar-refractivity contribution < 1.29 is 28.5 Å². The van der Waals surface area contributed by atoms with Crippen molar-refractivity contribution in [3.05, 3.63) is 108 Å². The number of methoxy groups -OCH3 is 2. The van der Waals surface area contributed by atoms with E-state index in [1.165, 1.54) is 0 Å². The van der Waals surface area contributed by atoms with Crippen LogP contribution in [0, 0.1) is 0 Å². The number of ether oxygens (including phenoxy) is 4. The Labute approximate surface area is 225 Å². The van der Waals surface area contributed by atoms with Gasteiger partial charge >= 0.3 is 0 Å². The van der Waals surface area contributed by atoms with Crippen molar-refractivity contribution in [1.29, 1.82) is 0 Å². The molecule has 0 aromatic heterocycles. The summed E-state index contributed by atoms with van der Waals surface area (Å²) in [4.78, 5) is 29.9. The zero-order valence-corrected chi connectivity index (χ0v) is 21.4. The van der Waals surface area contributed by atoms with Crippen LogP contribution in [0.3, 0.4) is 0 Å². The molecule has 2 unspecified atom stereocenters. The Hall–Kier alpha value is -4.98. The number of amides is 2. The van der Waals surface area contributed by atoms with Gasteiger partial charge in [-0.1, -0.05) is 30.3 Å². The van der Waals surface area contributed by atoms with Gasteiger partial charge in [0.05, 0.1) is 26.2 Å². The van der Waals surface area contributed by atoms with Crippen LogP contribution < -0.4 is 29.2 Å². The smallest absolute Gasteiger partial charge is 0.259 e. The van der Waals surface area contributed by atoms with Gasteiger partial charge in [-0.05, 0) is 65.7 Å². The minimum atomic E-state index is -0.722. The van der Waals surface area contributed by atoms with Crippen LogP contribution in [0.4, 0.5) is 11.4 Å². The molecule has 4 aromatic rings. The van der Waals surface area contributed by atoms with E-state index in [0.29, 0.717) is 45.5 Å². The fraction of sp³-hybridized carbons (Fsp3) is 0.161. The maximum absolute atomic E-state index is 14.2. The van der Waals surface area contributed by atoms with E-state index in [9.17, 15) is 9.59 Å². The highest BCUT2D eigenvalue weighted by molar-refractivity contribution is 6.12. The zero-order valence-electron chi connectivity index (χ0n) is 21.4. The number of rotatable bonds is 6. The van der Waals surface area contributed by atoms with Crippen LogP contribution >= 0.6 is 0 Å². The summed E-state index contributed by atoms with van der Waals surface area (Å²) in [5.41, 5.74) is 3.15. The topological polar surface area (TPSA) is 86.3 Å². The Bertz CT molecular complexity index is 1530. The minimum absolute atomic E-state index is 0.140. The average molecular weight is 523 g/mol. The molecular formula is C31H26N2O6. The van der Waals surface area contributed by atoms with Crippen molar-refractivity contribution in [3.8, 4) is 23.0 Å². The van der Waals surface area contributed by atoms with Crippen LogP contribution in [0.1, 0.15) is 33.4 Å². The molecule has 39 heavy (non-hydrogen) atoms. The van der Waals surface area contributed by atoms with Gasteiger partial charge in [0, 0.05) is 23.0 Å². The summed E-state index contributed by atoms with van der Waals surface area (Å²) < 4.78 is 21.6. The normalized spacial score (nSPS) is 17.4. The first-order valence-electron chi connectivity index (χ1n) is 12.5. The van der Waals surface area contributed by atoms with Crippen molar-refractivity contribution in [2.45, 2.75) is 12.0 Å². The molecule has 0 aliphatic carbocycles. The highest BCUT2D eigenvalue weighted by Gasteiger charge is 2.45. The summed E-state index contributed by atoms with van der Waals surface area (Å²) in [7, 11) is 3.19. The number of benzene rings is 4. The first-order valence-corrected chi connectivity index (χ1v) is 12.5. The highest BCUT2D eigenvalue weighted by atomic mass is 16.7. The Morgan fingerprint density at radius 1 is 0.846 bits per heavy atom. The fourth-order valence-electron chi connectivity index (χ4n) is 5.18. The van der Waals surface area contributed by atoms with E-state index < -0.39 is 12.0 Å². The number of carbonyl (C=O) groups is 2. The third-order valence-corrected chi connectivity index (χ3v) is 7.07. The summed E-state index contributed by atoms with van der Waals surface area (Å²) in [6.07, 6.45) is 0. The van der Waals surface area contributed by atoms with Gasteiger partial charge in [0.25, 0.3) is 5.91 Å². The molecule has 0 bridgehead atoms. The summed E-state index contributed by atoms with van der Waals surface area (Å²) in [5.74, 6) is 1.37. The quantitative estimate of drug-likeness (QED) is 0.357. The van der Waals surface area contributed by atoms with Crippen molar-refractivity contribution >= 4 is 23.2 Å². The summed E-state index contributed by atoms with van der Waals surface area (Å²) in [6, 6.07) is 26.6. The van der Waals surface area contributed by atoms with E-state index in [2.05, 4.69) is 5.32 Å². The maximum atomic E-state index is 14.2. The molecule has 8 nitrogen and oxygen atoms in total. The number of fused-ring (bicyclic) bond motifs is 2. The molecule has 0 saturated heterocycles. The van der Waals surface area contributed by atoms with Gasteiger partial charge in [-0.2, -0.15) is 0 Å². The largest absolute Gasteiger partial charge is 0.497 e. The Morgan fingerprint density at radius 3 is 2.23 bits per heavy atom. The minimum Gasteiger partial charge on any atom is -0.497 e. The lowest BCUT2D eigenvalue weighted by molar-refractivity contribution is -0.118. The van der Waals surface area contributed by atoms with Gasteiger partial charge < -0.3 is 24.3 Å². The van der Waals surface area contributed by atoms with Gasteiger partial charge in [0.2, 0.25) is 12.7 Å². The third kappa shape index (κ3) is 4.40. The third-order valence-electron chi connectivity index (χ3n) is 7.07. The molecule has 2 atom stereocenters. The standard InChI is InChI=1S/C31H26N2O6/c1-36-22-12-7-19(8-13-22)29-28(30(34)32-20-9-16-26-27(17-20)39-18-38-26)24-5-3-4-6-25(24)31(35)33(29)21-10-14-23(37-2)15-11-21/h3-17,28-29H,18H2,1-2H3,(H,32,34). The van der Waals surface area contributed by atoms with Gasteiger partial charge in [-0.15, -0.1) is 0 Å². The van der Waals surface area contributed by atoms with E-state index in [-0.39, 0.29) is 18.6 Å². The average Bonchev–Trinajstić information content (AvgIpc) is 3.45. The van der Waals surface area contributed by atoms with Crippen molar-refractivity contribution in [1.82, 2.24) is 0 Å². The predicted molar refractivity (Wildman–Crippen MR) is 146 cm³/mol. The summed E-state index contributed by atoms with van der Waals surface area (Å²) >= 11 is 0. The Balaban J connectivity index is 1.48. The van der Waals surface area contributed by atoms with E-state index in [4.69, 9.17) is 18.9 Å². The van der Waals surface area contributed by atoms with Crippen molar-refractivity contribution in [2.75, 3.05) is 31.2 Å². The van der Waals surface area contributed by atoms with Gasteiger partial charge in [-0.3, -0.25) is 14.5 Å². The lowest BCUT2D eigenvalue weighted by Crippen LogP contribution is -2.46. The number of nitrogens with one attached hydrogen (secondary N) is 1. The number of hydrogen-bond acceptors (Lipinski definition) is 6. The second kappa shape index (κ2) is 10.1. The van der Waals surface area contributed by atoms with E-state index in [1.807, 2.05) is 54.6 Å². The monoisotopic (exact) mass is 522 g/mol. The maximum Gasteiger partial charge on any atom is 0.259 e. The summed E-state index contributed by atoms with van der Waals surface area (Å²) in [6.45, 7) is 0.140. The molecular weight excluding hydrogens is 496 g/mol. The van der Waals surface area contributed by atoms with Gasteiger partial charge in [-0.25, -0.2) is 0 Å². The SMILES string of the molecule is COc1ccc(C2C(C(=O)Nc3ccc4c(c3)OCO4)c3ccccc3C(=O)N2c2ccc(OC)cc2)cc1. The molecule has 196 valence electrons. The number of hydrogen-bond donors (Lipinski definition) is 1. The van der Waals surface area contributed by atoms with Crippen LogP contribution in [0.2, 0.25) is 0 Å². The van der Waals surface area contributed by atoms with Gasteiger partial charge in [0.15, 0.2) is 11.5 Å². The van der Waals surface area contributed by atoms with Crippen LogP contribution in [0.25, 0.3) is 0 Å². The molecule has 0 radical (unpaired) electrons. The number of carbonyl (C=O) groups excluding carboxylic acids is 2. The Morgan fingerprint density at radius 2 is 1.51 bits per heavy atom. The first-order chi connectivity index (χ1) is 19.1. The van der Waals surface area contributed by atoms with Crippen LogP contribution in [-0.2, 0) is 4.79 Å². The fourth-order valence-corrected chi connectivity index (χ4v) is 5.18. The zero-order chi connectivity index (χ0) is 26.9. The van der Waals surface area contributed by atoms with E-state index >= 15 is 0 Å². The molecule has 2 aliphatic heterocycles. The molecule has 2 aliphatic rings. The molecule has 0 fully saturated rings. The molecule has 8 heteroatoms. The van der Waals surface area contributed by atoms with Crippen LogP contribution in [0.15, 0.2) is 91.0 Å². The molecule has 0 spiro atoms. The molecule has 2 amide bonds. The second-order valence-corrected chi connectivity index (χ2v) is 9.21. The first kappa shape index (κ1) is 24.4. The molecule has 1 N–H and O–H groups in total. The van der Waals surface area contributed by atoms with Crippen molar-refractivity contribution in [2.24, 2.45) is 0 Å². The predicted octanol–water partition coefficient (Wildman–Crippen LogP) is 5.56. The molecule has 0 saturated carbocycles. The second-order valence-electron chi connectivity index (χ2n) is 9.21. The lowest BCUT2D eigenvalue weighted by atomic mass is 9.78. The molecule has 6 rings (SSSR count). The van der Waals surface area contributed by atoms with Crippen LogP contribution in [-0.4, -0.2) is 32.8 Å². The lowest BCUT2D eigenvalue weighted by Gasteiger charge is -2.42. The Kier molecular flexibility index (Phi) is 6.28. The van der Waals surface area contributed by atoms with Crippen molar-refractivity contribution in [3.63, 3.8) is 0 Å². The molecule has 2 heterocycles. The summed E-state index contributed by atoms with van der Waals surface area (Å²) in [5, 5.41) is 3.05. The molecule has 4 aromatic carbocycles.